The number of carbonyl (C=O) groups excluding carboxylic acids is 1. The number of hydrogen-bond acceptors (Lipinski definition) is 4. The van der Waals surface area contributed by atoms with Crippen LogP contribution in [0.2, 0.25) is 0 Å². The number of likely N-dealkylation sites (tertiary alicyclic amines) is 1. The maximum Gasteiger partial charge on any atom is 0.336 e. The second-order valence-corrected chi connectivity index (χ2v) is 8.71. The van der Waals surface area contributed by atoms with Crippen molar-refractivity contribution in [2.75, 3.05) is 25.0 Å². The normalized spacial score (nSPS) is 14.6. The van der Waals surface area contributed by atoms with Crippen molar-refractivity contribution < 1.29 is 14.7 Å². The molecule has 34 heavy (non-hydrogen) atoms. The molecule has 6 heteroatoms. The lowest BCUT2D eigenvalue weighted by Crippen LogP contribution is -2.43. The number of carbonyl (C=O) groups is 2. The van der Waals surface area contributed by atoms with Crippen molar-refractivity contribution in [3.63, 3.8) is 0 Å². The summed E-state index contributed by atoms with van der Waals surface area (Å²) < 4.78 is 0. The summed E-state index contributed by atoms with van der Waals surface area (Å²) in [6.45, 7) is 3.11. The summed E-state index contributed by atoms with van der Waals surface area (Å²) >= 11 is 0. The Bertz CT molecular complexity index is 1090. The van der Waals surface area contributed by atoms with Crippen LogP contribution in [0.25, 0.3) is 11.1 Å². The topological polar surface area (TPSA) is 81.7 Å². The molecule has 1 amide bonds. The zero-order valence-corrected chi connectivity index (χ0v) is 19.2. The van der Waals surface area contributed by atoms with Crippen molar-refractivity contribution >= 4 is 17.6 Å². The molecule has 0 unspecified atom stereocenters. The van der Waals surface area contributed by atoms with Gasteiger partial charge in [0.1, 0.15) is 0 Å². The molecule has 176 valence electrons. The number of nitrogens with zero attached hydrogens (tertiary/aromatic N) is 1. The van der Waals surface area contributed by atoms with Gasteiger partial charge in [0.2, 0.25) is 5.91 Å². The van der Waals surface area contributed by atoms with E-state index in [0.29, 0.717) is 31.1 Å². The van der Waals surface area contributed by atoms with Gasteiger partial charge in [-0.05, 0) is 60.8 Å². The zero-order chi connectivity index (χ0) is 23.8. The summed E-state index contributed by atoms with van der Waals surface area (Å²) in [6, 6.07) is 25.7. The molecular formula is C28H31N3O3. The summed E-state index contributed by atoms with van der Waals surface area (Å²) in [5.41, 5.74) is 4.32. The lowest BCUT2D eigenvalue weighted by Gasteiger charge is -2.32. The fourth-order valence-electron chi connectivity index (χ4n) is 4.39. The number of anilines is 1. The molecule has 0 atom stereocenters. The van der Waals surface area contributed by atoms with E-state index < -0.39 is 5.97 Å². The van der Waals surface area contributed by atoms with Crippen molar-refractivity contribution in [2.45, 2.75) is 31.8 Å². The van der Waals surface area contributed by atoms with Crippen LogP contribution >= 0.6 is 0 Å². The molecule has 0 saturated carbocycles. The molecule has 1 saturated heterocycles. The van der Waals surface area contributed by atoms with Crippen LogP contribution in [0.3, 0.4) is 0 Å². The minimum Gasteiger partial charge on any atom is -0.478 e. The Hall–Kier alpha value is -3.48. The number of aromatic carboxylic acids is 1. The summed E-state index contributed by atoms with van der Waals surface area (Å²) in [4.78, 5) is 26.1. The zero-order valence-electron chi connectivity index (χ0n) is 19.2. The first-order chi connectivity index (χ1) is 16.6. The monoisotopic (exact) mass is 457 g/mol. The highest BCUT2D eigenvalue weighted by atomic mass is 16.4. The average molecular weight is 458 g/mol. The van der Waals surface area contributed by atoms with Gasteiger partial charge < -0.3 is 15.7 Å². The number of carboxylic acids is 1. The largest absolute Gasteiger partial charge is 0.478 e. The molecular weight excluding hydrogens is 426 g/mol. The summed E-state index contributed by atoms with van der Waals surface area (Å²) in [7, 11) is 0. The molecule has 1 heterocycles. The summed E-state index contributed by atoms with van der Waals surface area (Å²) in [5, 5.41) is 15.8. The standard InChI is InChI=1S/C28H31N3O3/c32-27(30-25-12-10-22(11-13-25)21-6-2-1-3-7-21)14-17-29-24-15-18-31(19-16-24)20-23-8-4-5-9-26(23)28(33)34/h1-13,24,29H,14-20H2,(H,30,32)(H,33,34). The van der Waals surface area contributed by atoms with E-state index in [1.165, 1.54) is 0 Å². The van der Waals surface area contributed by atoms with Crippen molar-refractivity contribution in [2.24, 2.45) is 0 Å². The molecule has 0 bridgehead atoms. The number of hydrogen-bond donors (Lipinski definition) is 3. The van der Waals surface area contributed by atoms with Crippen LogP contribution in [0, 0.1) is 0 Å². The smallest absolute Gasteiger partial charge is 0.336 e. The van der Waals surface area contributed by atoms with Crippen molar-refractivity contribution in [1.29, 1.82) is 0 Å². The molecule has 1 aliphatic heterocycles. The third kappa shape index (κ3) is 6.53. The Labute approximate surface area is 200 Å². The Morgan fingerprint density at radius 2 is 1.50 bits per heavy atom. The third-order valence-electron chi connectivity index (χ3n) is 6.29. The molecule has 3 N–H and O–H groups in total. The van der Waals surface area contributed by atoms with Crippen LogP contribution in [0.4, 0.5) is 5.69 Å². The number of benzene rings is 3. The van der Waals surface area contributed by atoms with Gasteiger partial charge in [0, 0.05) is 31.2 Å². The fraction of sp³-hybridized carbons (Fsp3) is 0.286. The number of piperidine rings is 1. The van der Waals surface area contributed by atoms with E-state index in [1.54, 1.807) is 12.1 Å². The second-order valence-electron chi connectivity index (χ2n) is 8.71. The number of nitrogens with one attached hydrogen (secondary N) is 2. The van der Waals surface area contributed by atoms with Crippen LogP contribution < -0.4 is 10.6 Å². The van der Waals surface area contributed by atoms with Gasteiger partial charge >= 0.3 is 5.97 Å². The molecule has 1 aliphatic rings. The van der Waals surface area contributed by atoms with Crippen molar-refractivity contribution in [3.05, 3.63) is 90.0 Å². The molecule has 1 fully saturated rings. The van der Waals surface area contributed by atoms with E-state index in [4.69, 9.17) is 0 Å². The molecule has 0 spiro atoms. The van der Waals surface area contributed by atoms with E-state index in [9.17, 15) is 14.7 Å². The number of rotatable bonds is 9. The fourth-order valence-corrected chi connectivity index (χ4v) is 4.39. The van der Waals surface area contributed by atoms with Gasteiger partial charge in [-0.15, -0.1) is 0 Å². The Kier molecular flexibility index (Phi) is 8.07. The van der Waals surface area contributed by atoms with Crippen molar-refractivity contribution in [3.8, 4) is 11.1 Å². The van der Waals surface area contributed by atoms with Crippen LogP contribution in [-0.4, -0.2) is 47.6 Å². The van der Waals surface area contributed by atoms with Gasteiger partial charge in [-0.3, -0.25) is 9.69 Å². The Morgan fingerprint density at radius 3 is 2.21 bits per heavy atom. The predicted octanol–water partition coefficient (Wildman–Crippen LogP) is 4.63. The van der Waals surface area contributed by atoms with Gasteiger partial charge in [-0.25, -0.2) is 4.79 Å². The van der Waals surface area contributed by atoms with E-state index in [2.05, 4.69) is 27.7 Å². The molecule has 0 aliphatic carbocycles. The highest BCUT2D eigenvalue weighted by Gasteiger charge is 2.20. The summed E-state index contributed by atoms with van der Waals surface area (Å²) in [6.07, 6.45) is 2.39. The molecule has 0 radical (unpaired) electrons. The lowest BCUT2D eigenvalue weighted by atomic mass is 10.0. The molecule has 3 aromatic rings. The average Bonchev–Trinajstić information content (AvgIpc) is 2.86. The van der Waals surface area contributed by atoms with Gasteiger partial charge in [-0.2, -0.15) is 0 Å². The lowest BCUT2D eigenvalue weighted by molar-refractivity contribution is -0.116. The van der Waals surface area contributed by atoms with Gasteiger partial charge in [-0.1, -0.05) is 60.7 Å². The van der Waals surface area contributed by atoms with Gasteiger partial charge in [0.25, 0.3) is 0 Å². The maximum atomic E-state index is 12.3. The van der Waals surface area contributed by atoms with Gasteiger partial charge in [0.05, 0.1) is 5.56 Å². The molecule has 0 aromatic heterocycles. The molecule has 3 aromatic carbocycles. The number of amides is 1. The Balaban J connectivity index is 1.16. The predicted molar refractivity (Wildman–Crippen MR) is 135 cm³/mol. The summed E-state index contributed by atoms with van der Waals surface area (Å²) in [5.74, 6) is -0.875. The maximum absolute atomic E-state index is 12.3. The quantitative estimate of drug-likeness (QED) is 0.436. The first kappa shape index (κ1) is 23.7. The second kappa shape index (κ2) is 11.6. The number of carboxylic acid groups (broad SMARTS) is 1. The molecule has 4 rings (SSSR count). The first-order valence-corrected chi connectivity index (χ1v) is 11.8. The first-order valence-electron chi connectivity index (χ1n) is 11.8. The van der Waals surface area contributed by atoms with E-state index >= 15 is 0 Å². The van der Waals surface area contributed by atoms with Crippen LogP contribution in [0.5, 0.6) is 0 Å². The Morgan fingerprint density at radius 1 is 0.853 bits per heavy atom. The van der Waals surface area contributed by atoms with Crippen LogP contribution in [0.15, 0.2) is 78.9 Å². The van der Waals surface area contributed by atoms with E-state index in [-0.39, 0.29) is 5.91 Å². The van der Waals surface area contributed by atoms with E-state index in [0.717, 1.165) is 48.3 Å². The highest BCUT2D eigenvalue weighted by molar-refractivity contribution is 5.91. The van der Waals surface area contributed by atoms with Crippen LogP contribution in [-0.2, 0) is 11.3 Å². The SMILES string of the molecule is O=C(CCNC1CCN(Cc2ccccc2C(=O)O)CC1)Nc1ccc(-c2ccccc2)cc1. The van der Waals surface area contributed by atoms with Crippen LogP contribution in [0.1, 0.15) is 35.2 Å². The van der Waals surface area contributed by atoms with Gasteiger partial charge in [0.15, 0.2) is 0 Å². The minimum absolute atomic E-state index is 0.00248. The van der Waals surface area contributed by atoms with E-state index in [1.807, 2.05) is 54.6 Å². The highest BCUT2D eigenvalue weighted by Crippen LogP contribution is 2.21. The minimum atomic E-state index is -0.877. The molecule has 6 nitrogen and oxygen atoms in total. The van der Waals surface area contributed by atoms with Crippen molar-refractivity contribution in [1.82, 2.24) is 10.2 Å². The third-order valence-corrected chi connectivity index (χ3v) is 6.29.